The number of rotatable bonds is 3. The molecule has 0 bridgehead atoms. The van der Waals surface area contributed by atoms with Crippen molar-refractivity contribution < 1.29 is 8.42 Å². The third-order valence-corrected chi connectivity index (χ3v) is 6.33. The second-order valence-electron chi connectivity index (χ2n) is 5.97. The van der Waals surface area contributed by atoms with Gasteiger partial charge in [0.2, 0.25) is 0 Å². The largest absolute Gasteiger partial charge is 0.324 e. The molecule has 1 saturated heterocycles. The third kappa shape index (κ3) is 2.67. The lowest BCUT2D eigenvalue weighted by Gasteiger charge is -2.33. The zero-order valence-electron chi connectivity index (χ0n) is 12.5. The summed E-state index contributed by atoms with van der Waals surface area (Å²) in [7, 11) is -3.37. The van der Waals surface area contributed by atoms with Crippen LogP contribution in [-0.4, -0.2) is 32.4 Å². The van der Waals surface area contributed by atoms with Gasteiger partial charge in [-0.15, -0.1) is 0 Å². The Balaban J connectivity index is 1.97. The molecule has 2 aliphatic rings. The van der Waals surface area contributed by atoms with Gasteiger partial charge in [-0.3, -0.25) is 4.31 Å². The summed E-state index contributed by atoms with van der Waals surface area (Å²) in [6, 6.07) is 5.90. The SMILES string of the molecule is CC(N)c1ccc2c(c1)CCCN2S(=O)(=O)N1CCCC1. The predicted molar refractivity (Wildman–Crippen MR) is 84.4 cm³/mol. The van der Waals surface area contributed by atoms with Crippen molar-refractivity contribution >= 4 is 15.9 Å². The first kappa shape index (κ1) is 14.8. The van der Waals surface area contributed by atoms with E-state index < -0.39 is 10.2 Å². The fourth-order valence-corrected chi connectivity index (χ4v) is 4.95. The second-order valence-corrected chi connectivity index (χ2v) is 7.82. The van der Waals surface area contributed by atoms with Crippen LogP contribution < -0.4 is 10.0 Å². The first-order chi connectivity index (χ1) is 10.00. The Bertz CT molecular complexity index is 622. The number of fused-ring (bicyclic) bond motifs is 1. The van der Waals surface area contributed by atoms with Gasteiger partial charge in [-0.1, -0.05) is 12.1 Å². The molecule has 1 aromatic rings. The van der Waals surface area contributed by atoms with E-state index in [4.69, 9.17) is 5.73 Å². The molecular formula is C15H23N3O2S. The molecule has 1 aromatic carbocycles. The molecule has 116 valence electrons. The van der Waals surface area contributed by atoms with E-state index in [1.54, 1.807) is 8.61 Å². The molecule has 2 N–H and O–H groups in total. The highest BCUT2D eigenvalue weighted by Crippen LogP contribution is 2.33. The van der Waals surface area contributed by atoms with Gasteiger partial charge in [0.1, 0.15) is 0 Å². The molecule has 0 spiro atoms. The highest BCUT2D eigenvalue weighted by atomic mass is 32.2. The van der Waals surface area contributed by atoms with Crippen molar-refractivity contribution in [3.05, 3.63) is 29.3 Å². The normalized spacial score (nSPS) is 21.3. The molecule has 0 radical (unpaired) electrons. The number of aryl methyl sites for hydroxylation is 1. The molecule has 0 aliphatic carbocycles. The van der Waals surface area contributed by atoms with Crippen LogP contribution in [0.4, 0.5) is 5.69 Å². The molecule has 1 atom stereocenters. The van der Waals surface area contributed by atoms with Crippen molar-refractivity contribution in [3.63, 3.8) is 0 Å². The van der Waals surface area contributed by atoms with Gasteiger partial charge in [-0.05, 0) is 49.8 Å². The van der Waals surface area contributed by atoms with Crippen molar-refractivity contribution in [2.75, 3.05) is 23.9 Å². The van der Waals surface area contributed by atoms with Crippen molar-refractivity contribution in [3.8, 4) is 0 Å². The maximum Gasteiger partial charge on any atom is 0.304 e. The summed E-state index contributed by atoms with van der Waals surface area (Å²) in [6.07, 6.45) is 3.71. The van der Waals surface area contributed by atoms with E-state index in [9.17, 15) is 8.42 Å². The average Bonchev–Trinajstić information content (AvgIpc) is 3.00. The molecule has 1 fully saturated rings. The molecule has 2 aliphatic heterocycles. The summed E-state index contributed by atoms with van der Waals surface area (Å²) in [5.74, 6) is 0. The number of hydrogen-bond donors (Lipinski definition) is 1. The van der Waals surface area contributed by atoms with E-state index in [2.05, 4.69) is 6.07 Å². The van der Waals surface area contributed by atoms with E-state index in [0.29, 0.717) is 19.6 Å². The van der Waals surface area contributed by atoms with Crippen LogP contribution in [0.15, 0.2) is 18.2 Å². The van der Waals surface area contributed by atoms with Crippen LogP contribution >= 0.6 is 0 Å². The minimum atomic E-state index is -3.37. The van der Waals surface area contributed by atoms with Crippen LogP contribution in [0.3, 0.4) is 0 Å². The zero-order valence-corrected chi connectivity index (χ0v) is 13.3. The zero-order chi connectivity index (χ0) is 15.0. The summed E-state index contributed by atoms with van der Waals surface area (Å²) in [5.41, 5.74) is 8.92. The van der Waals surface area contributed by atoms with Crippen LogP contribution in [0.25, 0.3) is 0 Å². The molecule has 0 saturated carbocycles. The minimum absolute atomic E-state index is 0.0270. The summed E-state index contributed by atoms with van der Waals surface area (Å²) < 4.78 is 28.8. The fraction of sp³-hybridized carbons (Fsp3) is 0.600. The number of nitrogens with zero attached hydrogens (tertiary/aromatic N) is 2. The average molecular weight is 309 g/mol. The Morgan fingerprint density at radius 2 is 1.86 bits per heavy atom. The van der Waals surface area contributed by atoms with Crippen molar-refractivity contribution in [1.29, 1.82) is 0 Å². The van der Waals surface area contributed by atoms with Gasteiger partial charge in [0.25, 0.3) is 0 Å². The lowest BCUT2D eigenvalue weighted by atomic mass is 9.98. The molecule has 21 heavy (non-hydrogen) atoms. The first-order valence-corrected chi connectivity index (χ1v) is 9.06. The lowest BCUT2D eigenvalue weighted by molar-refractivity contribution is 0.471. The molecule has 0 amide bonds. The minimum Gasteiger partial charge on any atom is -0.324 e. The van der Waals surface area contributed by atoms with Crippen LogP contribution in [0.2, 0.25) is 0 Å². The molecule has 6 heteroatoms. The Labute approximate surface area is 126 Å². The van der Waals surface area contributed by atoms with E-state index in [1.165, 1.54) is 0 Å². The molecule has 2 heterocycles. The van der Waals surface area contributed by atoms with Crippen LogP contribution in [-0.2, 0) is 16.6 Å². The van der Waals surface area contributed by atoms with E-state index in [1.807, 2.05) is 19.1 Å². The van der Waals surface area contributed by atoms with Gasteiger partial charge in [-0.25, -0.2) is 0 Å². The van der Waals surface area contributed by atoms with E-state index in [0.717, 1.165) is 42.5 Å². The highest BCUT2D eigenvalue weighted by Gasteiger charge is 2.34. The maximum atomic E-state index is 12.8. The summed E-state index contributed by atoms with van der Waals surface area (Å²) in [5, 5.41) is 0. The van der Waals surface area contributed by atoms with E-state index >= 15 is 0 Å². The molecular weight excluding hydrogens is 286 g/mol. The standard InChI is InChI=1S/C15H23N3O2S/c1-12(16)13-6-7-15-14(11-13)5-4-10-18(15)21(19,20)17-8-2-3-9-17/h6-7,11-12H,2-5,8-10,16H2,1H3. The van der Waals surface area contributed by atoms with Crippen LogP contribution in [0.1, 0.15) is 43.4 Å². The predicted octanol–water partition coefficient (Wildman–Crippen LogP) is 1.80. The number of hydrogen-bond acceptors (Lipinski definition) is 3. The Hall–Kier alpha value is -1.11. The maximum absolute atomic E-state index is 12.8. The topological polar surface area (TPSA) is 66.6 Å². The van der Waals surface area contributed by atoms with Gasteiger partial charge >= 0.3 is 10.2 Å². The summed E-state index contributed by atoms with van der Waals surface area (Å²) >= 11 is 0. The number of benzene rings is 1. The van der Waals surface area contributed by atoms with Crippen LogP contribution in [0, 0.1) is 0 Å². The molecule has 5 nitrogen and oxygen atoms in total. The van der Waals surface area contributed by atoms with Crippen molar-refractivity contribution in [2.24, 2.45) is 5.73 Å². The van der Waals surface area contributed by atoms with Gasteiger partial charge in [0, 0.05) is 25.7 Å². The molecule has 3 rings (SSSR count). The van der Waals surface area contributed by atoms with Crippen molar-refractivity contribution in [1.82, 2.24) is 4.31 Å². The quantitative estimate of drug-likeness (QED) is 0.926. The fourth-order valence-electron chi connectivity index (χ4n) is 3.16. The second kappa shape index (κ2) is 5.59. The van der Waals surface area contributed by atoms with Crippen molar-refractivity contribution in [2.45, 2.75) is 38.6 Å². The lowest BCUT2D eigenvalue weighted by Crippen LogP contribution is -2.44. The third-order valence-electron chi connectivity index (χ3n) is 4.38. The first-order valence-electron chi connectivity index (χ1n) is 7.66. The van der Waals surface area contributed by atoms with Crippen LogP contribution in [0.5, 0.6) is 0 Å². The van der Waals surface area contributed by atoms with Gasteiger partial charge in [0.05, 0.1) is 5.69 Å². The monoisotopic (exact) mass is 309 g/mol. The van der Waals surface area contributed by atoms with Gasteiger partial charge < -0.3 is 5.73 Å². The Morgan fingerprint density at radius 1 is 1.14 bits per heavy atom. The Kier molecular flexibility index (Phi) is 3.94. The smallest absolute Gasteiger partial charge is 0.304 e. The van der Waals surface area contributed by atoms with Gasteiger partial charge in [0.15, 0.2) is 0 Å². The summed E-state index contributed by atoms with van der Waals surface area (Å²) in [6.45, 7) is 3.81. The number of anilines is 1. The molecule has 1 unspecified atom stereocenters. The molecule has 0 aromatic heterocycles. The van der Waals surface area contributed by atoms with Gasteiger partial charge in [-0.2, -0.15) is 12.7 Å². The highest BCUT2D eigenvalue weighted by molar-refractivity contribution is 7.90. The summed E-state index contributed by atoms with van der Waals surface area (Å²) in [4.78, 5) is 0. The Morgan fingerprint density at radius 3 is 2.52 bits per heavy atom. The van der Waals surface area contributed by atoms with E-state index in [-0.39, 0.29) is 6.04 Å². The number of nitrogens with two attached hydrogens (primary N) is 1.